The summed E-state index contributed by atoms with van der Waals surface area (Å²) in [6.45, 7) is 4.51. The first-order chi connectivity index (χ1) is 13.0. The number of carbonyl (C=O) groups excluding carboxylic acids is 1. The molecule has 1 aliphatic rings. The molecule has 1 amide bonds. The van der Waals surface area contributed by atoms with Gasteiger partial charge >= 0.3 is 0 Å². The van der Waals surface area contributed by atoms with Crippen LogP contribution in [0.25, 0.3) is 0 Å². The molecular formula is C21H23FN2O3. The lowest BCUT2D eigenvalue weighted by molar-refractivity contribution is -0.124. The summed E-state index contributed by atoms with van der Waals surface area (Å²) in [4.78, 5) is 14.6. The number of aliphatic hydroxyl groups is 1. The number of halogens is 1. The molecule has 1 aliphatic heterocycles. The molecule has 0 spiro atoms. The first-order valence-electron chi connectivity index (χ1n) is 8.78. The molecule has 27 heavy (non-hydrogen) atoms. The van der Waals surface area contributed by atoms with Crippen LogP contribution in [0.1, 0.15) is 11.5 Å². The minimum absolute atomic E-state index is 0.103. The van der Waals surface area contributed by atoms with E-state index in [9.17, 15) is 14.3 Å². The molecule has 0 bridgehead atoms. The third-order valence-electron chi connectivity index (χ3n) is 4.78. The maximum absolute atomic E-state index is 13.9. The molecule has 1 saturated heterocycles. The standard InChI is InChI=1S/C21H23FN2O3/c1-3-11-27-15-8-6-7-14(12-15)16-13-24(2)21(26)19(16)20(25)23-18-10-5-4-9-17(18)22/h3-10,12,16,19,21,26H,1,11,13H2,2H3,(H,23,25). The molecule has 6 heteroatoms. The number of hydrogen-bond acceptors (Lipinski definition) is 4. The zero-order valence-electron chi connectivity index (χ0n) is 15.1. The van der Waals surface area contributed by atoms with Gasteiger partial charge in [-0.1, -0.05) is 36.9 Å². The number of nitrogens with one attached hydrogen (secondary N) is 1. The lowest BCUT2D eigenvalue weighted by atomic mass is 9.87. The molecule has 2 aromatic carbocycles. The molecule has 1 heterocycles. The van der Waals surface area contributed by atoms with Crippen LogP contribution in [0.15, 0.2) is 61.2 Å². The predicted octanol–water partition coefficient (Wildman–Crippen LogP) is 2.99. The Morgan fingerprint density at radius 1 is 1.37 bits per heavy atom. The van der Waals surface area contributed by atoms with E-state index in [1.54, 1.807) is 30.2 Å². The van der Waals surface area contributed by atoms with Gasteiger partial charge in [0.15, 0.2) is 0 Å². The Hall–Kier alpha value is -2.70. The molecule has 1 fully saturated rings. The summed E-state index contributed by atoms with van der Waals surface area (Å²) in [7, 11) is 1.76. The number of likely N-dealkylation sites (N-methyl/N-ethyl adjacent to an activating group) is 1. The number of amides is 1. The summed E-state index contributed by atoms with van der Waals surface area (Å²) in [6, 6.07) is 13.4. The molecule has 5 nitrogen and oxygen atoms in total. The number of benzene rings is 2. The van der Waals surface area contributed by atoms with Crippen molar-refractivity contribution in [3.05, 3.63) is 72.6 Å². The van der Waals surface area contributed by atoms with Gasteiger partial charge < -0.3 is 15.2 Å². The van der Waals surface area contributed by atoms with Crippen molar-refractivity contribution in [3.8, 4) is 5.75 Å². The molecule has 142 valence electrons. The Balaban J connectivity index is 1.85. The number of para-hydroxylation sites is 1. The zero-order valence-corrected chi connectivity index (χ0v) is 15.1. The van der Waals surface area contributed by atoms with E-state index < -0.39 is 23.9 Å². The highest BCUT2D eigenvalue weighted by atomic mass is 19.1. The average Bonchev–Trinajstić information content (AvgIpc) is 2.97. The molecule has 2 N–H and O–H groups in total. The highest BCUT2D eigenvalue weighted by Crippen LogP contribution is 2.37. The van der Waals surface area contributed by atoms with Crippen molar-refractivity contribution in [2.75, 3.05) is 25.5 Å². The Morgan fingerprint density at radius 3 is 2.89 bits per heavy atom. The van der Waals surface area contributed by atoms with Crippen LogP contribution >= 0.6 is 0 Å². The van der Waals surface area contributed by atoms with E-state index in [4.69, 9.17) is 4.74 Å². The molecule has 0 radical (unpaired) electrons. The third kappa shape index (κ3) is 4.18. The Morgan fingerprint density at radius 2 is 2.15 bits per heavy atom. The van der Waals surface area contributed by atoms with Gasteiger partial charge in [0.2, 0.25) is 5.91 Å². The van der Waals surface area contributed by atoms with Crippen LogP contribution in [-0.4, -0.2) is 42.3 Å². The molecular weight excluding hydrogens is 347 g/mol. The predicted molar refractivity (Wildman–Crippen MR) is 102 cm³/mol. The van der Waals surface area contributed by atoms with E-state index in [0.29, 0.717) is 18.9 Å². The third-order valence-corrected chi connectivity index (χ3v) is 4.78. The monoisotopic (exact) mass is 370 g/mol. The highest BCUT2D eigenvalue weighted by Gasteiger charge is 2.44. The van der Waals surface area contributed by atoms with E-state index in [-0.39, 0.29) is 11.6 Å². The maximum Gasteiger partial charge on any atom is 0.232 e. The normalized spacial score (nSPS) is 22.4. The molecule has 0 saturated carbocycles. The largest absolute Gasteiger partial charge is 0.490 e. The summed E-state index contributed by atoms with van der Waals surface area (Å²) < 4.78 is 19.5. The summed E-state index contributed by atoms with van der Waals surface area (Å²) in [5.74, 6) is -1.24. The number of aliphatic hydroxyl groups excluding tert-OH is 1. The number of likely N-dealkylation sites (tertiary alicyclic amines) is 1. The Kier molecular flexibility index (Phi) is 5.88. The van der Waals surface area contributed by atoms with Gasteiger partial charge in [-0.25, -0.2) is 4.39 Å². The van der Waals surface area contributed by atoms with E-state index in [0.717, 1.165) is 5.56 Å². The first-order valence-corrected chi connectivity index (χ1v) is 8.78. The molecule has 0 aliphatic carbocycles. The number of rotatable bonds is 6. The van der Waals surface area contributed by atoms with Crippen LogP contribution < -0.4 is 10.1 Å². The van der Waals surface area contributed by atoms with E-state index in [1.807, 2.05) is 24.3 Å². The summed E-state index contributed by atoms with van der Waals surface area (Å²) in [5, 5.41) is 13.2. The minimum Gasteiger partial charge on any atom is -0.490 e. The van der Waals surface area contributed by atoms with Gasteiger partial charge in [0, 0.05) is 12.5 Å². The van der Waals surface area contributed by atoms with Crippen molar-refractivity contribution in [1.29, 1.82) is 0 Å². The fourth-order valence-corrected chi connectivity index (χ4v) is 3.41. The lowest BCUT2D eigenvalue weighted by Crippen LogP contribution is -2.36. The summed E-state index contributed by atoms with van der Waals surface area (Å²) >= 11 is 0. The molecule has 3 rings (SSSR count). The Bertz CT molecular complexity index is 827. The van der Waals surface area contributed by atoms with Gasteiger partial charge in [-0.15, -0.1) is 0 Å². The van der Waals surface area contributed by atoms with Crippen molar-refractivity contribution in [2.24, 2.45) is 5.92 Å². The van der Waals surface area contributed by atoms with Crippen molar-refractivity contribution in [2.45, 2.75) is 12.1 Å². The molecule has 3 unspecified atom stereocenters. The van der Waals surface area contributed by atoms with Crippen LogP contribution in [0.3, 0.4) is 0 Å². The molecule has 0 aromatic heterocycles. The molecule has 3 atom stereocenters. The average molecular weight is 370 g/mol. The first kappa shape index (κ1) is 19.1. The fraction of sp³-hybridized carbons (Fsp3) is 0.286. The number of ether oxygens (including phenoxy) is 1. The van der Waals surface area contributed by atoms with Crippen molar-refractivity contribution >= 4 is 11.6 Å². The van der Waals surface area contributed by atoms with Crippen LogP contribution in [0.4, 0.5) is 10.1 Å². The summed E-state index contributed by atoms with van der Waals surface area (Å²) in [6.07, 6.45) is 0.698. The van der Waals surface area contributed by atoms with Crippen LogP contribution in [-0.2, 0) is 4.79 Å². The number of hydrogen-bond donors (Lipinski definition) is 2. The fourth-order valence-electron chi connectivity index (χ4n) is 3.41. The van der Waals surface area contributed by atoms with Gasteiger partial charge in [-0.2, -0.15) is 0 Å². The van der Waals surface area contributed by atoms with E-state index >= 15 is 0 Å². The second-order valence-corrected chi connectivity index (χ2v) is 6.63. The molecule has 2 aromatic rings. The number of nitrogens with zero attached hydrogens (tertiary/aromatic N) is 1. The van der Waals surface area contributed by atoms with Gasteiger partial charge in [-0.3, -0.25) is 9.69 Å². The number of anilines is 1. The Labute approximate surface area is 158 Å². The van der Waals surface area contributed by atoms with Crippen LogP contribution in [0.2, 0.25) is 0 Å². The second-order valence-electron chi connectivity index (χ2n) is 6.63. The minimum atomic E-state index is -0.959. The van der Waals surface area contributed by atoms with E-state index in [1.165, 1.54) is 12.1 Å². The van der Waals surface area contributed by atoms with Gasteiger partial charge in [0.25, 0.3) is 0 Å². The maximum atomic E-state index is 13.9. The van der Waals surface area contributed by atoms with Gasteiger partial charge in [0.05, 0.1) is 11.6 Å². The summed E-state index contributed by atoms with van der Waals surface area (Å²) in [5.41, 5.74) is 0.986. The lowest BCUT2D eigenvalue weighted by Gasteiger charge is -2.22. The quantitative estimate of drug-likeness (QED) is 0.768. The SMILES string of the molecule is C=CCOc1cccc(C2CN(C)C(O)C2C(=O)Nc2ccccc2F)c1. The smallest absolute Gasteiger partial charge is 0.232 e. The van der Waals surface area contributed by atoms with Crippen molar-refractivity contribution < 1.29 is 19.0 Å². The van der Waals surface area contributed by atoms with Crippen LogP contribution in [0.5, 0.6) is 5.75 Å². The zero-order chi connectivity index (χ0) is 19.4. The van der Waals surface area contributed by atoms with Crippen molar-refractivity contribution in [3.63, 3.8) is 0 Å². The highest BCUT2D eigenvalue weighted by molar-refractivity contribution is 5.94. The van der Waals surface area contributed by atoms with Gasteiger partial charge in [-0.05, 0) is 36.9 Å². The topological polar surface area (TPSA) is 61.8 Å². The van der Waals surface area contributed by atoms with E-state index in [2.05, 4.69) is 11.9 Å². The van der Waals surface area contributed by atoms with Gasteiger partial charge in [0.1, 0.15) is 24.4 Å². The van der Waals surface area contributed by atoms with Crippen LogP contribution in [0, 0.1) is 11.7 Å². The van der Waals surface area contributed by atoms with Crippen molar-refractivity contribution in [1.82, 2.24) is 4.90 Å². The second kappa shape index (κ2) is 8.33. The number of carbonyl (C=O) groups is 1.